The molecule has 0 spiro atoms. The van der Waals surface area contributed by atoms with Gasteiger partial charge >= 0.3 is 0 Å². The topological polar surface area (TPSA) is 64.3 Å². The first-order chi connectivity index (χ1) is 11.5. The van der Waals surface area contributed by atoms with E-state index in [9.17, 15) is 9.18 Å². The van der Waals surface area contributed by atoms with Gasteiger partial charge in [0, 0.05) is 5.69 Å². The second-order valence-electron chi connectivity index (χ2n) is 6.21. The summed E-state index contributed by atoms with van der Waals surface area (Å²) in [5, 5.41) is 2.96. The van der Waals surface area contributed by atoms with Crippen molar-refractivity contribution in [1.29, 1.82) is 0 Å². The quantitative estimate of drug-likeness (QED) is 0.795. The number of nitrogen functional groups attached to an aromatic ring is 1. The molecule has 25 heavy (non-hydrogen) atoms. The minimum absolute atomic E-state index is 0. The van der Waals surface area contributed by atoms with Crippen molar-refractivity contribution in [2.45, 2.75) is 31.1 Å². The number of hydrogen-bond donors (Lipinski definition) is 2. The third-order valence-corrected chi connectivity index (χ3v) is 4.78. The van der Waals surface area contributed by atoms with E-state index in [-0.39, 0.29) is 24.1 Å². The van der Waals surface area contributed by atoms with Crippen LogP contribution in [0, 0.1) is 5.82 Å². The van der Waals surface area contributed by atoms with Crippen LogP contribution < -0.4 is 15.8 Å². The third-order valence-electron chi connectivity index (χ3n) is 4.78. The maximum Gasteiger partial charge on any atom is 0.235 e. The second-order valence-corrected chi connectivity index (χ2v) is 6.21. The number of halogens is 2. The molecule has 1 aliphatic carbocycles. The Labute approximate surface area is 153 Å². The Morgan fingerprint density at radius 3 is 2.36 bits per heavy atom. The average molecular weight is 365 g/mol. The Kier molecular flexibility index (Phi) is 5.90. The van der Waals surface area contributed by atoms with Gasteiger partial charge in [-0.1, -0.05) is 25.0 Å². The number of carbonyl (C=O) groups is 1. The van der Waals surface area contributed by atoms with Gasteiger partial charge in [-0.05, 0) is 48.7 Å². The maximum atomic E-state index is 13.2. The number of rotatable bonds is 4. The molecule has 0 aliphatic heterocycles. The molecule has 3 N–H and O–H groups in total. The highest BCUT2D eigenvalue weighted by Gasteiger charge is 2.42. The van der Waals surface area contributed by atoms with Gasteiger partial charge in [0.15, 0.2) is 0 Å². The Hall–Kier alpha value is -2.27. The lowest BCUT2D eigenvalue weighted by Crippen LogP contribution is -2.38. The molecule has 3 rings (SSSR count). The first-order valence-electron chi connectivity index (χ1n) is 8.06. The highest BCUT2D eigenvalue weighted by atomic mass is 35.5. The van der Waals surface area contributed by atoms with Crippen molar-refractivity contribution >= 4 is 29.7 Å². The largest absolute Gasteiger partial charge is 0.495 e. The third kappa shape index (κ3) is 3.71. The zero-order valence-corrected chi connectivity index (χ0v) is 14.9. The van der Waals surface area contributed by atoms with Crippen molar-refractivity contribution in [2.24, 2.45) is 0 Å². The van der Waals surface area contributed by atoms with Crippen LogP contribution in [-0.4, -0.2) is 13.0 Å². The summed E-state index contributed by atoms with van der Waals surface area (Å²) in [6, 6.07) is 11.4. The summed E-state index contributed by atoms with van der Waals surface area (Å²) in [5.74, 6) is 0.202. The fraction of sp³-hybridized carbons (Fsp3) is 0.316. The van der Waals surface area contributed by atoms with Gasteiger partial charge in [0.05, 0.1) is 18.2 Å². The smallest absolute Gasteiger partial charge is 0.235 e. The number of methoxy groups -OCH3 is 1. The molecule has 0 saturated heterocycles. The Balaban J connectivity index is 0.00000225. The zero-order chi connectivity index (χ0) is 17.2. The number of amides is 1. The standard InChI is InChI=1S/C19H21FN2O2.ClH/c1-24-17-9-8-15(12-16(17)21)22-18(23)19(10-2-3-11-19)13-4-6-14(20)7-5-13;/h4-9,12H,2-3,10-11,21H2,1H3,(H,22,23);1H. The van der Waals surface area contributed by atoms with Crippen LogP contribution in [0.4, 0.5) is 15.8 Å². The lowest BCUT2D eigenvalue weighted by molar-refractivity contribution is -0.121. The van der Waals surface area contributed by atoms with Crippen molar-refractivity contribution in [3.05, 3.63) is 53.8 Å². The normalized spacial score (nSPS) is 15.3. The molecule has 134 valence electrons. The van der Waals surface area contributed by atoms with E-state index in [4.69, 9.17) is 10.5 Å². The number of anilines is 2. The molecule has 1 amide bonds. The van der Waals surface area contributed by atoms with E-state index in [0.717, 1.165) is 31.2 Å². The van der Waals surface area contributed by atoms with Gasteiger partial charge in [0.2, 0.25) is 5.91 Å². The van der Waals surface area contributed by atoms with Gasteiger partial charge in [-0.15, -0.1) is 12.4 Å². The van der Waals surface area contributed by atoms with Gasteiger partial charge in [-0.2, -0.15) is 0 Å². The highest BCUT2D eigenvalue weighted by molar-refractivity contribution is 5.99. The highest BCUT2D eigenvalue weighted by Crippen LogP contribution is 2.42. The van der Waals surface area contributed by atoms with Crippen molar-refractivity contribution in [1.82, 2.24) is 0 Å². The number of ether oxygens (including phenoxy) is 1. The molecule has 4 nitrogen and oxygen atoms in total. The summed E-state index contributed by atoms with van der Waals surface area (Å²) in [5.41, 5.74) is 7.26. The lowest BCUT2D eigenvalue weighted by Gasteiger charge is -2.28. The first-order valence-corrected chi connectivity index (χ1v) is 8.06. The van der Waals surface area contributed by atoms with Crippen LogP contribution in [0.5, 0.6) is 5.75 Å². The van der Waals surface area contributed by atoms with Gasteiger partial charge in [0.1, 0.15) is 11.6 Å². The van der Waals surface area contributed by atoms with E-state index < -0.39 is 5.41 Å². The molecule has 0 aromatic heterocycles. The number of hydrogen-bond acceptors (Lipinski definition) is 3. The van der Waals surface area contributed by atoms with E-state index in [1.807, 2.05) is 0 Å². The molecule has 1 aliphatic rings. The van der Waals surface area contributed by atoms with Gasteiger partial charge in [-0.3, -0.25) is 4.79 Å². The van der Waals surface area contributed by atoms with Crippen LogP contribution in [0.25, 0.3) is 0 Å². The molecule has 6 heteroatoms. The second kappa shape index (κ2) is 7.74. The van der Waals surface area contributed by atoms with E-state index >= 15 is 0 Å². The minimum Gasteiger partial charge on any atom is -0.495 e. The molecule has 0 bridgehead atoms. The molecule has 2 aromatic carbocycles. The average Bonchev–Trinajstić information content (AvgIpc) is 3.07. The van der Waals surface area contributed by atoms with Gasteiger partial charge < -0.3 is 15.8 Å². The Morgan fingerprint density at radius 2 is 1.80 bits per heavy atom. The minimum atomic E-state index is -0.609. The summed E-state index contributed by atoms with van der Waals surface area (Å²) < 4.78 is 18.4. The summed E-state index contributed by atoms with van der Waals surface area (Å²) in [6.07, 6.45) is 3.48. The molecule has 0 unspecified atom stereocenters. The van der Waals surface area contributed by atoms with Crippen molar-refractivity contribution in [2.75, 3.05) is 18.2 Å². The summed E-state index contributed by atoms with van der Waals surface area (Å²) in [7, 11) is 1.55. The van der Waals surface area contributed by atoms with Crippen LogP contribution in [0.2, 0.25) is 0 Å². The SMILES string of the molecule is COc1ccc(NC(=O)C2(c3ccc(F)cc3)CCCC2)cc1N.Cl. The van der Waals surface area contributed by atoms with Crippen LogP contribution in [0.1, 0.15) is 31.2 Å². The van der Waals surface area contributed by atoms with Crippen molar-refractivity contribution in [3.63, 3.8) is 0 Å². The number of carbonyl (C=O) groups excluding carboxylic acids is 1. The summed E-state index contributed by atoms with van der Waals surface area (Å²) in [4.78, 5) is 13.0. The molecule has 1 saturated carbocycles. The molecular formula is C19H22ClFN2O2. The predicted molar refractivity (Wildman–Crippen MR) is 99.8 cm³/mol. The van der Waals surface area contributed by atoms with E-state index in [0.29, 0.717) is 17.1 Å². The van der Waals surface area contributed by atoms with Crippen molar-refractivity contribution in [3.8, 4) is 5.75 Å². The molecule has 0 heterocycles. The van der Waals surface area contributed by atoms with E-state index in [1.54, 1.807) is 37.4 Å². The maximum absolute atomic E-state index is 13.2. The molecular weight excluding hydrogens is 343 g/mol. The summed E-state index contributed by atoms with van der Waals surface area (Å²) in [6.45, 7) is 0. The molecule has 0 atom stereocenters. The van der Waals surface area contributed by atoms with Crippen LogP contribution in [-0.2, 0) is 10.2 Å². The zero-order valence-electron chi connectivity index (χ0n) is 14.0. The fourth-order valence-corrected chi connectivity index (χ4v) is 3.46. The number of nitrogens with one attached hydrogen (secondary N) is 1. The Bertz CT molecular complexity index is 744. The lowest BCUT2D eigenvalue weighted by atomic mass is 9.78. The first kappa shape index (κ1) is 19.1. The van der Waals surface area contributed by atoms with E-state index in [2.05, 4.69) is 5.32 Å². The Morgan fingerprint density at radius 1 is 1.16 bits per heavy atom. The van der Waals surface area contributed by atoms with Crippen molar-refractivity contribution < 1.29 is 13.9 Å². The van der Waals surface area contributed by atoms with Gasteiger partial charge in [0.25, 0.3) is 0 Å². The van der Waals surface area contributed by atoms with Crippen LogP contribution in [0.15, 0.2) is 42.5 Å². The van der Waals surface area contributed by atoms with Crippen LogP contribution in [0.3, 0.4) is 0 Å². The van der Waals surface area contributed by atoms with E-state index in [1.165, 1.54) is 12.1 Å². The van der Waals surface area contributed by atoms with Gasteiger partial charge in [-0.25, -0.2) is 4.39 Å². The monoisotopic (exact) mass is 364 g/mol. The number of benzene rings is 2. The van der Waals surface area contributed by atoms with Crippen LogP contribution >= 0.6 is 12.4 Å². The predicted octanol–water partition coefficient (Wildman–Crippen LogP) is 4.29. The molecule has 1 fully saturated rings. The molecule has 2 aromatic rings. The summed E-state index contributed by atoms with van der Waals surface area (Å²) >= 11 is 0. The number of nitrogens with two attached hydrogens (primary N) is 1. The molecule has 0 radical (unpaired) electrons. The fourth-order valence-electron chi connectivity index (χ4n) is 3.46.